The Labute approximate surface area is 121 Å². The standard InChI is InChI=1S/C14H13Cl2NO2/c1-18-12-6-5-10(17)7-13(12)19-8-9-3-2-4-11(15)14(9)16/h2-7H,8,17H2,1H3. The molecule has 2 aromatic rings. The second kappa shape index (κ2) is 6.04. The third-order valence-electron chi connectivity index (χ3n) is 2.60. The number of benzene rings is 2. The van der Waals surface area contributed by atoms with Crippen molar-refractivity contribution in [1.29, 1.82) is 0 Å². The van der Waals surface area contributed by atoms with E-state index in [0.29, 0.717) is 33.8 Å². The molecule has 100 valence electrons. The fourth-order valence-electron chi connectivity index (χ4n) is 1.62. The summed E-state index contributed by atoms with van der Waals surface area (Å²) < 4.78 is 10.9. The zero-order chi connectivity index (χ0) is 13.8. The molecule has 0 heterocycles. The summed E-state index contributed by atoms with van der Waals surface area (Å²) in [6, 6.07) is 10.6. The smallest absolute Gasteiger partial charge is 0.163 e. The van der Waals surface area contributed by atoms with Crippen LogP contribution in [0, 0.1) is 0 Å². The van der Waals surface area contributed by atoms with Crippen molar-refractivity contribution in [3.63, 3.8) is 0 Å². The Hall–Kier alpha value is -1.58. The van der Waals surface area contributed by atoms with E-state index in [1.54, 1.807) is 31.4 Å². The van der Waals surface area contributed by atoms with Gasteiger partial charge in [0.1, 0.15) is 6.61 Å². The fraction of sp³-hybridized carbons (Fsp3) is 0.143. The molecule has 0 saturated carbocycles. The minimum Gasteiger partial charge on any atom is -0.493 e. The number of hydrogen-bond acceptors (Lipinski definition) is 3. The maximum atomic E-state index is 6.10. The van der Waals surface area contributed by atoms with E-state index in [0.717, 1.165) is 5.56 Å². The van der Waals surface area contributed by atoms with Crippen molar-refractivity contribution >= 4 is 28.9 Å². The normalized spacial score (nSPS) is 10.3. The van der Waals surface area contributed by atoms with E-state index in [1.807, 2.05) is 12.1 Å². The Bertz CT molecular complexity index is 588. The highest BCUT2D eigenvalue weighted by Crippen LogP contribution is 2.31. The Morgan fingerprint density at radius 3 is 2.63 bits per heavy atom. The first-order chi connectivity index (χ1) is 9.11. The molecule has 19 heavy (non-hydrogen) atoms. The fourth-order valence-corrected chi connectivity index (χ4v) is 2.00. The lowest BCUT2D eigenvalue weighted by Gasteiger charge is -2.12. The number of ether oxygens (including phenoxy) is 2. The average molecular weight is 298 g/mol. The Morgan fingerprint density at radius 2 is 1.89 bits per heavy atom. The molecule has 0 saturated heterocycles. The summed E-state index contributed by atoms with van der Waals surface area (Å²) in [4.78, 5) is 0. The van der Waals surface area contributed by atoms with E-state index in [-0.39, 0.29) is 0 Å². The quantitative estimate of drug-likeness (QED) is 0.862. The van der Waals surface area contributed by atoms with Crippen LogP contribution in [-0.2, 0) is 6.61 Å². The van der Waals surface area contributed by atoms with Gasteiger partial charge in [-0.2, -0.15) is 0 Å². The number of halogens is 2. The minimum atomic E-state index is 0.291. The molecule has 0 atom stereocenters. The first-order valence-corrected chi connectivity index (χ1v) is 6.36. The van der Waals surface area contributed by atoms with Crippen molar-refractivity contribution in [2.24, 2.45) is 0 Å². The monoisotopic (exact) mass is 297 g/mol. The van der Waals surface area contributed by atoms with E-state index >= 15 is 0 Å². The molecule has 0 aromatic heterocycles. The lowest BCUT2D eigenvalue weighted by molar-refractivity contribution is 0.285. The Morgan fingerprint density at radius 1 is 1.11 bits per heavy atom. The highest BCUT2D eigenvalue weighted by Gasteiger charge is 2.08. The zero-order valence-corrected chi connectivity index (χ0v) is 11.8. The molecule has 0 amide bonds. The highest BCUT2D eigenvalue weighted by atomic mass is 35.5. The molecule has 0 aliphatic heterocycles. The molecule has 0 bridgehead atoms. The lowest BCUT2D eigenvalue weighted by Crippen LogP contribution is -1.99. The molecule has 0 radical (unpaired) electrons. The second-order valence-corrected chi connectivity index (χ2v) is 4.70. The molecular weight excluding hydrogens is 285 g/mol. The molecular formula is C14H13Cl2NO2. The van der Waals surface area contributed by atoms with Crippen LogP contribution in [0.3, 0.4) is 0 Å². The topological polar surface area (TPSA) is 44.5 Å². The summed E-state index contributed by atoms with van der Waals surface area (Å²) in [6.45, 7) is 0.291. The van der Waals surface area contributed by atoms with Crippen LogP contribution in [0.15, 0.2) is 36.4 Å². The van der Waals surface area contributed by atoms with Gasteiger partial charge in [-0.3, -0.25) is 0 Å². The predicted octanol–water partition coefficient (Wildman–Crippen LogP) is 4.16. The summed E-state index contributed by atoms with van der Waals surface area (Å²) in [5.74, 6) is 1.19. The van der Waals surface area contributed by atoms with Gasteiger partial charge in [0.2, 0.25) is 0 Å². The van der Waals surface area contributed by atoms with Crippen LogP contribution in [0.1, 0.15) is 5.56 Å². The number of nitrogen functional groups attached to an aromatic ring is 1. The van der Waals surface area contributed by atoms with Gasteiger partial charge < -0.3 is 15.2 Å². The summed E-state index contributed by atoms with van der Waals surface area (Å²) >= 11 is 12.0. The summed E-state index contributed by atoms with van der Waals surface area (Å²) in [5, 5.41) is 0.995. The number of anilines is 1. The van der Waals surface area contributed by atoms with Crippen molar-refractivity contribution in [3.05, 3.63) is 52.0 Å². The minimum absolute atomic E-state index is 0.291. The van der Waals surface area contributed by atoms with Gasteiger partial charge in [0.05, 0.1) is 17.2 Å². The Balaban J connectivity index is 2.18. The average Bonchev–Trinajstić information content (AvgIpc) is 2.40. The number of hydrogen-bond donors (Lipinski definition) is 1. The summed E-state index contributed by atoms with van der Waals surface area (Å²) in [5.41, 5.74) is 7.13. The molecule has 5 heteroatoms. The van der Waals surface area contributed by atoms with E-state index in [9.17, 15) is 0 Å². The molecule has 0 aliphatic carbocycles. The van der Waals surface area contributed by atoms with Crippen LogP contribution in [-0.4, -0.2) is 7.11 Å². The van der Waals surface area contributed by atoms with Gasteiger partial charge in [0.25, 0.3) is 0 Å². The van der Waals surface area contributed by atoms with E-state index in [2.05, 4.69) is 0 Å². The number of methoxy groups -OCH3 is 1. The van der Waals surface area contributed by atoms with E-state index in [4.69, 9.17) is 38.4 Å². The largest absolute Gasteiger partial charge is 0.493 e. The molecule has 0 fully saturated rings. The van der Waals surface area contributed by atoms with E-state index in [1.165, 1.54) is 0 Å². The Kier molecular flexibility index (Phi) is 4.40. The van der Waals surface area contributed by atoms with Crippen molar-refractivity contribution in [2.75, 3.05) is 12.8 Å². The zero-order valence-electron chi connectivity index (χ0n) is 10.3. The van der Waals surface area contributed by atoms with Crippen molar-refractivity contribution in [2.45, 2.75) is 6.61 Å². The maximum Gasteiger partial charge on any atom is 0.163 e. The summed E-state index contributed by atoms with van der Waals surface area (Å²) in [6.07, 6.45) is 0. The third kappa shape index (κ3) is 3.25. The lowest BCUT2D eigenvalue weighted by atomic mass is 10.2. The van der Waals surface area contributed by atoms with Crippen molar-refractivity contribution in [3.8, 4) is 11.5 Å². The first-order valence-electron chi connectivity index (χ1n) is 5.61. The van der Waals surface area contributed by atoms with Crippen LogP contribution in [0.4, 0.5) is 5.69 Å². The third-order valence-corrected chi connectivity index (χ3v) is 3.46. The molecule has 0 aliphatic rings. The maximum absolute atomic E-state index is 6.10. The van der Waals surface area contributed by atoms with Crippen molar-refractivity contribution < 1.29 is 9.47 Å². The molecule has 2 aromatic carbocycles. The van der Waals surface area contributed by atoms with Gasteiger partial charge in [-0.05, 0) is 18.2 Å². The van der Waals surface area contributed by atoms with Crippen molar-refractivity contribution in [1.82, 2.24) is 0 Å². The molecule has 3 nitrogen and oxygen atoms in total. The van der Waals surface area contributed by atoms with Gasteiger partial charge in [0, 0.05) is 17.3 Å². The molecule has 0 spiro atoms. The molecule has 0 unspecified atom stereocenters. The van der Waals surface area contributed by atoms with Gasteiger partial charge in [0.15, 0.2) is 11.5 Å². The van der Waals surface area contributed by atoms with Crippen LogP contribution in [0.5, 0.6) is 11.5 Å². The SMILES string of the molecule is COc1ccc(N)cc1OCc1cccc(Cl)c1Cl. The van der Waals surface area contributed by atoms with Crippen LogP contribution in [0.2, 0.25) is 10.0 Å². The van der Waals surface area contributed by atoms with Gasteiger partial charge in [-0.15, -0.1) is 0 Å². The summed E-state index contributed by atoms with van der Waals surface area (Å²) in [7, 11) is 1.57. The van der Waals surface area contributed by atoms with Gasteiger partial charge in [-0.25, -0.2) is 0 Å². The van der Waals surface area contributed by atoms with Crippen LogP contribution >= 0.6 is 23.2 Å². The van der Waals surface area contributed by atoms with Gasteiger partial charge >= 0.3 is 0 Å². The second-order valence-electron chi connectivity index (χ2n) is 3.91. The predicted molar refractivity (Wildman–Crippen MR) is 78.2 cm³/mol. The first kappa shape index (κ1) is 13.8. The number of nitrogens with two attached hydrogens (primary N) is 1. The highest BCUT2D eigenvalue weighted by molar-refractivity contribution is 6.42. The van der Waals surface area contributed by atoms with E-state index < -0.39 is 0 Å². The van der Waals surface area contributed by atoms with Gasteiger partial charge in [-0.1, -0.05) is 35.3 Å². The molecule has 2 rings (SSSR count). The number of rotatable bonds is 4. The van der Waals surface area contributed by atoms with Crippen LogP contribution in [0.25, 0.3) is 0 Å². The van der Waals surface area contributed by atoms with Crippen LogP contribution < -0.4 is 15.2 Å². The molecule has 2 N–H and O–H groups in total.